The van der Waals surface area contributed by atoms with Gasteiger partial charge in [-0.1, -0.05) is 11.6 Å². The summed E-state index contributed by atoms with van der Waals surface area (Å²) >= 11 is 5.77. The van der Waals surface area contributed by atoms with Crippen LogP contribution in [-0.2, 0) is 10.0 Å². The standard InChI is InChI=1S/C10H12ClN3O2S.ClH/c1-13-4-5-14-17(15,16)9-3-2-8(7-12)10(11)6-9;/h2-3,6,13-14H,4-5H2,1H3;1H. The first-order chi connectivity index (χ1) is 8.01. The van der Waals surface area contributed by atoms with Crippen LogP contribution in [0.15, 0.2) is 23.1 Å². The van der Waals surface area contributed by atoms with Crippen molar-refractivity contribution in [2.45, 2.75) is 4.90 Å². The molecule has 0 saturated heterocycles. The Bertz CT molecular complexity index is 541. The molecule has 0 spiro atoms. The third kappa shape index (κ3) is 4.44. The number of likely N-dealkylation sites (N-methyl/N-ethyl adjacent to an activating group) is 1. The largest absolute Gasteiger partial charge is 0.318 e. The molecule has 1 rings (SSSR count). The van der Waals surface area contributed by atoms with Crippen molar-refractivity contribution in [3.63, 3.8) is 0 Å². The second-order valence-corrected chi connectivity index (χ2v) is 5.43. The van der Waals surface area contributed by atoms with Crippen LogP contribution in [0, 0.1) is 11.3 Å². The van der Waals surface area contributed by atoms with Gasteiger partial charge >= 0.3 is 0 Å². The Hall–Kier alpha value is -0.840. The molecule has 100 valence electrons. The van der Waals surface area contributed by atoms with Crippen LogP contribution < -0.4 is 10.0 Å². The maximum Gasteiger partial charge on any atom is 0.240 e. The minimum Gasteiger partial charge on any atom is -0.318 e. The average Bonchev–Trinajstić information content (AvgIpc) is 2.29. The van der Waals surface area contributed by atoms with E-state index in [1.54, 1.807) is 7.05 Å². The third-order valence-electron chi connectivity index (χ3n) is 2.04. The van der Waals surface area contributed by atoms with Crippen molar-refractivity contribution >= 4 is 34.0 Å². The van der Waals surface area contributed by atoms with E-state index >= 15 is 0 Å². The van der Waals surface area contributed by atoms with Gasteiger partial charge in [0.1, 0.15) is 6.07 Å². The molecule has 1 aromatic rings. The number of hydrogen-bond acceptors (Lipinski definition) is 4. The molecule has 18 heavy (non-hydrogen) atoms. The maximum absolute atomic E-state index is 11.8. The number of nitrogens with zero attached hydrogens (tertiary/aromatic N) is 1. The number of hydrogen-bond donors (Lipinski definition) is 2. The summed E-state index contributed by atoms with van der Waals surface area (Å²) in [7, 11) is -1.83. The molecular formula is C10H13Cl2N3O2S. The van der Waals surface area contributed by atoms with E-state index in [0.29, 0.717) is 6.54 Å². The van der Waals surface area contributed by atoms with Crippen molar-refractivity contribution in [1.29, 1.82) is 5.26 Å². The van der Waals surface area contributed by atoms with Gasteiger partial charge in [-0.25, -0.2) is 13.1 Å². The molecule has 0 unspecified atom stereocenters. The van der Waals surface area contributed by atoms with Crippen molar-refractivity contribution in [3.05, 3.63) is 28.8 Å². The molecule has 0 amide bonds. The van der Waals surface area contributed by atoms with Gasteiger partial charge in [0, 0.05) is 13.1 Å². The highest BCUT2D eigenvalue weighted by atomic mass is 35.5. The fourth-order valence-electron chi connectivity index (χ4n) is 1.15. The number of sulfonamides is 1. The molecule has 0 aliphatic heterocycles. The molecule has 0 heterocycles. The molecule has 0 saturated carbocycles. The fourth-order valence-corrected chi connectivity index (χ4v) is 2.49. The van der Waals surface area contributed by atoms with E-state index in [1.807, 2.05) is 6.07 Å². The van der Waals surface area contributed by atoms with Crippen LogP contribution in [0.4, 0.5) is 0 Å². The van der Waals surface area contributed by atoms with Gasteiger partial charge < -0.3 is 5.32 Å². The highest BCUT2D eigenvalue weighted by molar-refractivity contribution is 7.89. The van der Waals surface area contributed by atoms with Crippen LogP contribution in [0.5, 0.6) is 0 Å². The zero-order chi connectivity index (χ0) is 12.9. The Morgan fingerprint density at radius 2 is 2.06 bits per heavy atom. The molecule has 2 N–H and O–H groups in total. The molecule has 0 aliphatic rings. The van der Waals surface area contributed by atoms with Crippen LogP contribution >= 0.6 is 24.0 Å². The normalized spacial score (nSPS) is 10.5. The van der Waals surface area contributed by atoms with E-state index in [2.05, 4.69) is 10.0 Å². The van der Waals surface area contributed by atoms with Gasteiger partial charge in [0.05, 0.1) is 15.5 Å². The van der Waals surface area contributed by atoms with E-state index in [1.165, 1.54) is 18.2 Å². The number of nitriles is 1. The van der Waals surface area contributed by atoms with Crippen molar-refractivity contribution in [3.8, 4) is 6.07 Å². The lowest BCUT2D eigenvalue weighted by Crippen LogP contribution is -2.30. The Kier molecular flexibility index (Phi) is 7.21. The number of nitrogens with one attached hydrogen (secondary N) is 2. The number of benzene rings is 1. The van der Waals surface area contributed by atoms with Crippen LogP contribution in [0.3, 0.4) is 0 Å². The third-order valence-corrected chi connectivity index (χ3v) is 3.81. The van der Waals surface area contributed by atoms with Gasteiger partial charge in [0.2, 0.25) is 10.0 Å². The molecule has 0 radical (unpaired) electrons. The summed E-state index contributed by atoms with van der Waals surface area (Å²) in [4.78, 5) is 0.0533. The maximum atomic E-state index is 11.8. The lowest BCUT2D eigenvalue weighted by Gasteiger charge is -2.07. The zero-order valence-corrected chi connectivity index (χ0v) is 12.0. The molecular weight excluding hydrogens is 297 g/mol. The highest BCUT2D eigenvalue weighted by Gasteiger charge is 2.14. The molecule has 0 atom stereocenters. The van der Waals surface area contributed by atoms with E-state index in [9.17, 15) is 8.42 Å². The van der Waals surface area contributed by atoms with E-state index in [0.717, 1.165) is 0 Å². The Morgan fingerprint density at radius 3 is 2.56 bits per heavy atom. The minimum absolute atomic E-state index is 0. The smallest absolute Gasteiger partial charge is 0.240 e. The first kappa shape index (κ1) is 17.2. The van der Waals surface area contributed by atoms with E-state index in [4.69, 9.17) is 16.9 Å². The fraction of sp³-hybridized carbons (Fsp3) is 0.300. The quantitative estimate of drug-likeness (QED) is 0.799. The predicted octanol–water partition coefficient (Wildman–Crippen LogP) is 1.13. The average molecular weight is 310 g/mol. The van der Waals surface area contributed by atoms with Crippen LogP contribution in [0.25, 0.3) is 0 Å². The minimum atomic E-state index is -3.56. The molecule has 0 bridgehead atoms. The van der Waals surface area contributed by atoms with Crippen LogP contribution in [0.1, 0.15) is 5.56 Å². The lowest BCUT2D eigenvalue weighted by atomic mass is 10.2. The van der Waals surface area contributed by atoms with Crippen LogP contribution in [-0.4, -0.2) is 28.6 Å². The predicted molar refractivity (Wildman–Crippen MR) is 72.5 cm³/mol. The van der Waals surface area contributed by atoms with Gasteiger partial charge in [-0.15, -0.1) is 12.4 Å². The topological polar surface area (TPSA) is 82.0 Å². The summed E-state index contributed by atoms with van der Waals surface area (Å²) in [6.45, 7) is 0.819. The van der Waals surface area contributed by atoms with Gasteiger partial charge in [0.15, 0.2) is 0 Å². The lowest BCUT2D eigenvalue weighted by molar-refractivity contribution is 0.579. The Balaban J connectivity index is 0.00000289. The second kappa shape index (κ2) is 7.56. The summed E-state index contributed by atoms with van der Waals surface area (Å²) < 4.78 is 26.0. The summed E-state index contributed by atoms with van der Waals surface area (Å²) in [6, 6.07) is 5.87. The molecule has 0 aromatic heterocycles. The number of rotatable bonds is 5. The SMILES string of the molecule is CNCCNS(=O)(=O)c1ccc(C#N)c(Cl)c1.Cl. The summed E-state index contributed by atoms with van der Waals surface area (Å²) in [5, 5.41) is 11.6. The van der Waals surface area contributed by atoms with Gasteiger partial charge in [-0.2, -0.15) is 5.26 Å². The van der Waals surface area contributed by atoms with Crippen molar-refractivity contribution in [2.24, 2.45) is 0 Å². The van der Waals surface area contributed by atoms with Gasteiger partial charge in [-0.3, -0.25) is 0 Å². The van der Waals surface area contributed by atoms with Crippen molar-refractivity contribution in [2.75, 3.05) is 20.1 Å². The van der Waals surface area contributed by atoms with Gasteiger partial charge in [-0.05, 0) is 25.2 Å². The molecule has 0 fully saturated rings. The number of halogens is 2. The second-order valence-electron chi connectivity index (χ2n) is 3.25. The monoisotopic (exact) mass is 309 g/mol. The van der Waals surface area contributed by atoms with E-state index < -0.39 is 10.0 Å². The highest BCUT2D eigenvalue weighted by Crippen LogP contribution is 2.19. The Morgan fingerprint density at radius 1 is 1.39 bits per heavy atom. The first-order valence-electron chi connectivity index (χ1n) is 4.85. The van der Waals surface area contributed by atoms with Gasteiger partial charge in [0.25, 0.3) is 0 Å². The van der Waals surface area contributed by atoms with Crippen molar-refractivity contribution in [1.82, 2.24) is 10.0 Å². The first-order valence-corrected chi connectivity index (χ1v) is 6.71. The summed E-state index contributed by atoms with van der Waals surface area (Å²) in [6.07, 6.45) is 0. The summed E-state index contributed by atoms with van der Waals surface area (Å²) in [5.41, 5.74) is 0.251. The summed E-state index contributed by atoms with van der Waals surface area (Å²) in [5.74, 6) is 0. The molecule has 8 heteroatoms. The van der Waals surface area contributed by atoms with Crippen molar-refractivity contribution < 1.29 is 8.42 Å². The molecule has 1 aromatic carbocycles. The Labute approximate surface area is 118 Å². The molecule has 5 nitrogen and oxygen atoms in total. The zero-order valence-electron chi connectivity index (χ0n) is 9.60. The van der Waals surface area contributed by atoms with E-state index in [-0.39, 0.29) is 34.4 Å². The molecule has 0 aliphatic carbocycles. The van der Waals surface area contributed by atoms with Crippen LogP contribution in [0.2, 0.25) is 5.02 Å².